The lowest BCUT2D eigenvalue weighted by Crippen LogP contribution is -1.96. The van der Waals surface area contributed by atoms with E-state index in [2.05, 4.69) is 29.6 Å². The smallest absolute Gasteiger partial charge is 0.131 e. The van der Waals surface area contributed by atoms with Crippen LogP contribution in [0, 0.1) is 0 Å². The number of ether oxygens (including phenoxy) is 2. The number of benzene rings is 3. The summed E-state index contributed by atoms with van der Waals surface area (Å²) in [7, 11) is 3.32. The number of methoxy groups -OCH3 is 2. The highest BCUT2D eigenvalue weighted by Gasteiger charge is 2.10. The predicted octanol–water partition coefficient (Wildman–Crippen LogP) is 5.66. The van der Waals surface area contributed by atoms with E-state index in [-0.39, 0.29) is 0 Å². The molecule has 0 saturated heterocycles. The van der Waals surface area contributed by atoms with Gasteiger partial charge in [0.2, 0.25) is 0 Å². The fourth-order valence-electron chi connectivity index (χ4n) is 3.10. The summed E-state index contributed by atoms with van der Waals surface area (Å²) in [5, 5.41) is 4.47. The molecule has 27 heavy (non-hydrogen) atoms. The highest BCUT2D eigenvalue weighted by Crippen LogP contribution is 2.33. The lowest BCUT2D eigenvalue weighted by Gasteiger charge is -2.13. The molecule has 0 radical (unpaired) electrons. The number of rotatable bonds is 5. The van der Waals surface area contributed by atoms with Gasteiger partial charge in [0.15, 0.2) is 0 Å². The van der Waals surface area contributed by atoms with E-state index in [1.807, 2.05) is 54.6 Å². The Balaban J connectivity index is 1.85. The summed E-state index contributed by atoms with van der Waals surface area (Å²) in [6.45, 7) is 0. The first kappa shape index (κ1) is 16.9. The van der Waals surface area contributed by atoms with Gasteiger partial charge < -0.3 is 14.8 Å². The molecule has 0 unspecified atom stereocenters. The number of pyridine rings is 1. The van der Waals surface area contributed by atoms with E-state index in [1.165, 1.54) is 0 Å². The fraction of sp³-hybridized carbons (Fsp3) is 0.0870. The zero-order valence-electron chi connectivity index (χ0n) is 15.3. The molecule has 4 nitrogen and oxygen atoms in total. The monoisotopic (exact) mass is 356 g/mol. The summed E-state index contributed by atoms with van der Waals surface area (Å²) in [6.07, 6.45) is 0. The minimum Gasteiger partial charge on any atom is -0.497 e. The Bertz CT molecular complexity index is 1080. The molecule has 4 aromatic rings. The second kappa shape index (κ2) is 7.38. The molecule has 0 fully saturated rings. The van der Waals surface area contributed by atoms with E-state index in [0.29, 0.717) is 0 Å². The van der Waals surface area contributed by atoms with Crippen LogP contribution in [0.5, 0.6) is 11.5 Å². The van der Waals surface area contributed by atoms with Gasteiger partial charge in [0.25, 0.3) is 0 Å². The average molecular weight is 356 g/mol. The van der Waals surface area contributed by atoms with E-state index in [1.54, 1.807) is 14.2 Å². The van der Waals surface area contributed by atoms with Gasteiger partial charge >= 0.3 is 0 Å². The van der Waals surface area contributed by atoms with E-state index in [0.717, 1.165) is 45.0 Å². The molecule has 4 heteroatoms. The molecule has 0 spiro atoms. The summed E-state index contributed by atoms with van der Waals surface area (Å²) in [5.74, 6) is 2.35. The van der Waals surface area contributed by atoms with Crippen LogP contribution in [0.4, 0.5) is 11.5 Å². The van der Waals surface area contributed by atoms with Crippen LogP contribution in [0.25, 0.3) is 22.0 Å². The molecule has 1 N–H and O–H groups in total. The number of hydrogen-bond donors (Lipinski definition) is 1. The number of anilines is 2. The third-order valence-electron chi connectivity index (χ3n) is 4.44. The van der Waals surface area contributed by atoms with Crippen molar-refractivity contribution in [1.29, 1.82) is 0 Å². The molecule has 134 valence electrons. The molecule has 0 aliphatic carbocycles. The summed E-state index contributed by atoms with van der Waals surface area (Å²) in [5.41, 5.74) is 4.06. The molecule has 0 atom stereocenters. The van der Waals surface area contributed by atoms with Gasteiger partial charge in [-0.3, -0.25) is 0 Å². The molecule has 1 aromatic heterocycles. The highest BCUT2D eigenvalue weighted by atomic mass is 16.5. The second-order valence-electron chi connectivity index (χ2n) is 6.16. The second-order valence-corrected chi connectivity index (χ2v) is 6.16. The number of aromatic nitrogens is 1. The molecule has 0 aliphatic heterocycles. The van der Waals surface area contributed by atoms with Crippen LogP contribution in [0.1, 0.15) is 0 Å². The van der Waals surface area contributed by atoms with Crippen molar-refractivity contribution >= 4 is 22.4 Å². The largest absolute Gasteiger partial charge is 0.497 e. The van der Waals surface area contributed by atoms with Crippen LogP contribution < -0.4 is 14.8 Å². The van der Waals surface area contributed by atoms with Gasteiger partial charge in [0.1, 0.15) is 17.3 Å². The number of fused-ring (bicyclic) bond motifs is 1. The molecule has 0 amide bonds. The highest BCUT2D eigenvalue weighted by molar-refractivity contribution is 5.97. The molecular weight excluding hydrogens is 336 g/mol. The van der Waals surface area contributed by atoms with Crippen LogP contribution in [0.2, 0.25) is 0 Å². The van der Waals surface area contributed by atoms with Crippen LogP contribution in [0.15, 0.2) is 78.9 Å². The zero-order chi connectivity index (χ0) is 18.6. The zero-order valence-corrected chi connectivity index (χ0v) is 15.3. The van der Waals surface area contributed by atoms with Gasteiger partial charge in [-0.1, -0.05) is 36.4 Å². The Morgan fingerprint density at radius 1 is 0.741 bits per heavy atom. The molecule has 1 heterocycles. The normalized spacial score (nSPS) is 10.6. The maximum absolute atomic E-state index is 5.38. The van der Waals surface area contributed by atoms with Gasteiger partial charge in [0, 0.05) is 23.2 Å². The Hall–Kier alpha value is -3.53. The Morgan fingerprint density at radius 2 is 1.52 bits per heavy atom. The van der Waals surface area contributed by atoms with Gasteiger partial charge in [-0.25, -0.2) is 4.98 Å². The predicted molar refractivity (Wildman–Crippen MR) is 110 cm³/mol. The number of nitrogens with zero attached hydrogens (tertiary/aromatic N) is 1. The average Bonchev–Trinajstić information content (AvgIpc) is 2.73. The SMILES string of the molecule is COc1cccc(Nc2cc(-c3ccccc3)c3ccc(OC)cc3n2)c1. The fourth-order valence-corrected chi connectivity index (χ4v) is 3.10. The van der Waals surface area contributed by atoms with Crippen molar-refractivity contribution in [2.75, 3.05) is 19.5 Å². The lowest BCUT2D eigenvalue weighted by atomic mass is 10.0. The summed E-state index contributed by atoms with van der Waals surface area (Å²) < 4.78 is 10.7. The van der Waals surface area contributed by atoms with Crippen LogP contribution >= 0.6 is 0 Å². The maximum atomic E-state index is 5.38. The van der Waals surface area contributed by atoms with E-state index < -0.39 is 0 Å². The van der Waals surface area contributed by atoms with Gasteiger partial charge in [0.05, 0.1) is 19.7 Å². The van der Waals surface area contributed by atoms with Gasteiger partial charge in [-0.05, 0) is 41.5 Å². The first-order valence-electron chi connectivity index (χ1n) is 8.72. The topological polar surface area (TPSA) is 43.4 Å². The minimum absolute atomic E-state index is 0.767. The molecule has 0 bridgehead atoms. The van der Waals surface area contributed by atoms with Crippen molar-refractivity contribution in [3.63, 3.8) is 0 Å². The Morgan fingerprint density at radius 3 is 2.30 bits per heavy atom. The molecule has 3 aromatic carbocycles. The van der Waals surface area contributed by atoms with Gasteiger partial charge in [-0.15, -0.1) is 0 Å². The maximum Gasteiger partial charge on any atom is 0.131 e. The van der Waals surface area contributed by atoms with E-state index >= 15 is 0 Å². The van der Waals surface area contributed by atoms with Crippen molar-refractivity contribution < 1.29 is 9.47 Å². The van der Waals surface area contributed by atoms with Crippen LogP contribution in [0.3, 0.4) is 0 Å². The Labute approximate surface area is 158 Å². The van der Waals surface area contributed by atoms with E-state index in [9.17, 15) is 0 Å². The summed E-state index contributed by atoms with van der Waals surface area (Å²) >= 11 is 0. The standard InChI is InChI=1S/C23H20N2O2/c1-26-18-10-6-9-17(13-18)24-23-15-21(16-7-4-3-5-8-16)20-12-11-19(27-2)14-22(20)25-23/h3-15H,1-2H3,(H,24,25). The number of nitrogens with one attached hydrogen (secondary N) is 1. The molecular formula is C23H20N2O2. The minimum atomic E-state index is 0.767. The van der Waals surface area contributed by atoms with Crippen LogP contribution in [-0.2, 0) is 0 Å². The first-order valence-corrected chi connectivity index (χ1v) is 8.72. The summed E-state index contributed by atoms with van der Waals surface area (Å²) in [4.78, 5) is 4.79. The number of hydrogen-bond acceptors (Lipinski definition) is 4. The molecule has 0 saturated carbocycles. The van der Waals surface area contributed by atoms with Crippen LogP contribution in [-0.4, -0.2) is 19.2 Å². The van der Waals surface area contributed by atoms with Crippen molar-refractivity contribution in [3.05, 3.63) is 78.9 Å². The third-order valence-corrected chi connectivity index (χ3v) is 4.44. The van der Waals surface area contributed by atoms with E-state index in [4.69, 9.17) is 14.5 Å². The third kappa shape index (κ3) is 3.55. The lowest BCUT2D eigenvalue weighted by molar-refractivity contribution is 0.415. The van der Waals surface area contributed by atoms with Crippen molar-refractivity contribution in [1.82, 2.24) is 4.98 Å². The first-order chi connectivity index (χ1) is 13.3. The molecule has 0 aliphatic rings. The molecule has 4 rings (SSSR count). The summed E-state index contributed by atoms with van der Waals surface area (Å²) in [6, 6.07) is 26.2. The van der Waals surface area contributed by atoms with Crippen molar-refractivity contribution in [2.24, 2.45) is 0 Å². The Kier molecular flexibility index (Phi) is 4.62. The van der Waals surface area contributed by atoms with Crippen molar-refractivity contribution in [2.45, 2.75) is 0 Å². The van der Waals surface area contributed by atoms with Crippen molar-refractivity contribution in [3.8, 4) is 22.6 Å². The quantitative estimate of drug-likeness (QED) is 0.501. The van der Waals surface area contributed by atoms with Gasteiger partial charge in [-0.2, -0.15) is 0 Å².